The van der Waals surface area contributed by atoms with E-state index in [1.54, 1.807) is 12.1 Å². The number of nitrogens with one attached hydrogen (secondary N) is 1. The van der Waals surface area contributed by atoms with Gasteiger partial charge in [0.2, 0.25) is 0 Å². The number of non-ortho nitro benzene ring substituents is 1. The quantitative estimate of drug-likeness (QED) is 0.642. The van der Waals surface area contributed by atoms with Crippen LogP contribution in [0, 0.1) is 16.0 Å². The fourth-order valence-corrected chi connectivity index (χ4v) is 2.68. The standard InChI is InChI=1S/C14H20N2O2/c1-11(13-6-2-3-7-13)15-10-12-5-4-8-14(9-12)16(17)18/h4-5,8-9,11,13,15H,2-3,6-7,10H2,1H3/t11-/m0/s1. The van der Waals surface area contributed by atoms with E-state index in [2.05, 4.69) is 12.2 Å². The molecular weight excluding hydrogens is 228 g/mol. The van der Waals surface area contributed by atoms with Crippen molar-refractivity contribution in [1.29, 1.82) is 0 Å². The van der Waals surface area contributed by atoms with Crippen LogP contribution in [0.2, 0.25) is 0 Å². The van der Waals surface area contributed by atoms with E-state index in [-0.39, 0.29) is 10.6 Å². The van der Waals surface area contributed by atoms with Crippen LogP contribution in [0.15, 0.2) is 24.3 Å². The van der Waals surface area contributed by atoms with Crippen molar-refractivity contribution in [2.75, 3.05) is 0 Å². The van der Waals surface area contributed by atoms with Gasteiger partial charge in [-0.1, -0.05) is 25.0 Å². The van der Waals surface area contributed by atoms with E-state index in [1.807, 2.05) is 6.07 Å². The molecule has 1 aromatic rings. The van der Waals surface area contributed by atoms with Gasteiger partial charge in [-0.05, 0) is 31.2 Å². The van der Waals surface area contributed by atoms with Crippen molar-refractivity contribution in [3.8, 4) is 0 Å². The van der Waals surface area contributed by atoms with E-state index in [0.717, 1.165) is 11.5 Å². The van der Waals surface area contributed by atoms with Crippen LogP contribution in [-0.2, 0) is 6.54 Å². The molecule has 0 bridgehead atoms. The summed E-state index contributed by atoms with van der Waals surface area (Å²) in [5.41, 5.74) is 1.15. The minimum atomic E-state index is -0.343. The van der Waals surface area contributed by atoms with Crippen molar-refractivity contribution in [2.24, 2.45) is 5.92 Å². The molecule has 2 rings (SSSR count). The van der Waals surface area contributed by atoms with E-state index in [9.17, 15) is 10.1 Å². The Morgan fingerprint density at radius 2 is 2.17 bits per heavy atom. The third-order valence-electron chi connectivity index (χ3n) is 3.86. The molecule has 1 aromatic carbocycles. The van der Waals surface area contributed by atoms with Gasteiger partial charge in [-0.25, -0.2) is 0 Å². The van der Waals surface area contributed by atoms with Crippen molar-refractivity contribution >= 4 is 5.69 Å². The lowest BCUT2D eigenvalue weighted by Crippen LogP contribution is -2.31. The highest BCUT2D eigenvalue weighted by Gasteiger charge is 2.20. The number of hydrogen-bond acceptors (Lipinski definition) is 3. The molecule has 0 amide bonds. The van der Waals surface area contributed by atoms with Gasteiger partial charge in [0.05, 0.1) is 4.92 Å². The first-order valence-corrected chi connectivity index (χ1v) is 6.63. The monoisotopic (exact) mass is 248 g/mol. The lowest BCUT2D eigenvalue weighted by atomic mass is 9.99. The Bertz CT molecular complexity index is 414. The number of rotatable bonds is 5. The van der Waals surface area contributed by atoms with Crippen molar-refractivity contribution in [2.45, 2.75) is 45.2 Å². The Kier molecular flexibility index (Phi) is 4.31. The molecule has 0 aliphatic heterocycles. The summed E-state index contributed by atoms with van der Waals surface area (Å²) in [4.78, 5) is 10.3. The zero-order valence-electron chi connectivity index (χ0n) is 10.8. The molecule has 0 radical (unpaired) electrons. The molecule has 4 heteroatoms. The van der Waals surface area contributed by atoms with Crippen LogP contribution in [0.3, 0.4) is 0 Å². The summed E-state index contributed by atoms with van der Waals surface area (Å²) < 4.78 is 0. The molecule has 1 aliphatic carbocycles. The van der Waals surface area contributed by atoms with E-state index in [0.29, 0.717) is 12.6 Å². The highest BCUT2D eigenvalue weighted by molar-refractivity contribution is 5.34. The summed E-state index contributed by atoms with van der Waals surface area (Å²) in [6.07, 6.45) is 5.30. The third kappa shape index (κ3) is 3.29. The average molecular weight is 248 g/mol. The molecule has 1 fully saturated rings. The minimum absolute atomic E-state index is 0.169. The van der Waals surface area contributed by atoms with Gasteiger partial charge in [0.15, 0.2) is 0 Å². The van der Waals surface area contributed by atoms with E-state index >= 15 is 0 Å². The Morgan fingerprint density at radius 3 is 2.83 bits per heavy atom. The first-order chi connectivity index (χ1) is 8.66. The number of nitro groups is 1. The van der Waals surface area contributed by atoms with Gasteiger partial charge >= 0.3 is 0 Å². The van der Waals surface area contributed by atoms with Gasteiger partial charge in [0.25, 0.3) is 5.69 Å². The summed E-state index contributed by atoms with van der Waals surface area (Å²) in [6.45, 7) is 2.92. The average Bonchev–Trinajstić information content (AvgIpc) is 2.90. The molecule has 0 saturated heterocycles. The number of nitro benzene ring substituents is 1. The molecule has 0 unspecified atom stereocenters. The van der Waals surface area contributed by atoms with Crippen molar-refractivity contribution < 1.29 is 4.92 Å². The molecule has 1 saturated carbocycles. The smallest absolute Gasteiger partial charge is 0.269 e. The van der Waals surface area contributed by atoms with Crippen LogP contribution < -0.4 is 5.32 Å². The Hall–Kier alpha value is -1.42. The number of nitrogens with zero attached hydrogens (tertiary/aromatic N) is 1. The fraction of sp³-hybridized carbons (Fsp3) is 0.571. The predicted molar refractivity (Wildman–Crippen MR) is 71.4 cm³/mol. The Balaban J connectivity index is 1.89. The molecule has 0 spiro atoms. The SMILES string of the molecule is C[C@H](NCc1cccc([N+](=O)[O-])c1)C1CCCC1. The van der Waals surface area contributed by atoms with Crippen LogP contribution in [0.1, 0.15) is 38.2 Å². The fourth-order valence-electron chi connectivity index (χ4n) is 2.68. The normalized spacial score (nSPS) is 17.8. The molecule has 98 valence electrons. The van der Waals surface area contributed by atoms with Crippen molar-refractivity contribution in [3.05, 3.63) is 39.9 Å². The van der Waals surface area contributed by atoms with Gasteiger partial charge in [0, 0.05) is 24.7 Å². The number of benzene rings is 1. The lowest BCUT2D eigenvalue weighted by molar-refractivity contribution is -0.384. The van der Waals surface area contributed by atoms with Crippen LogP contribution in [0.4, 0.5) is 5.69 Å². The summed E-state index contributed by atoms with van der Waals surface area (Å²) in [5.74, 6) is 0.767. The maximum Gasteiger partial charge on any atom is 0.269 e. The van der Waals surface area contributed by atoms with Gasteiger partial charge in [0.1, 0.15) is 0 Å². The van der Waals surface area contributed by atoms with Crippen molar-refractivity contribution in [1.82, 2.24) is 5.32 Å². The predicted octanol–water partition coefficient (Wildman–Crippen LogP) is 3.26. The second-order valence-corrected chi connectivity index (χ2v) is 5.14. The van der Waals surface area contributed by atoms with Gasteiger partial charge in [-0.2, -0.15) is 0 Å². The van der Waals surface area contributed by atoms with E-state index in [1.165, 1.54) is 31.7 Å². The van der Waals surface area contributed by atoms with Crippen LogP contribution >= 0.6 is 0 Å². The van der Waals surface area contributed by atoms with E-state index < -0.39 is 0 Å². The lowest BCUT2D eigenvalue weighted by Gasteiger charge is -2.20. The van der Waals surface area contributed by atoms with Crippen LogP contribution in [0.5, 0.6) is 0 Å². The molecule has 18 heavy (non-hydrogen) atoms. The Morgan fingerprint density at radius 1 is 1.44 bits per heavy atom. The largest absolute Gasteiger partial charge is 0.310 e. The molecule has 4 nitrogen and oxygen atoms in total. The zero-order valence-corrected chi connectivity index (χ0v) is 10.8. The molecule has 1 atom stereocenters. The van der Waals surface area contributed by atoms with Crippen LogP contribution in [0.25, 0.3) is 0 Å². The Labute approximate surface area is 108 Å². The summed E-state index contributed by atoms with van der Waals surface area (Å²) in [7, 11) is 0. The highest BCUT2D eigenvalue weighted by Crippen LogP contribution is 2.27. The van der Waals surface area contributed by atoms with Gasteiger partial charge < -0.3 is 5.32 Å². The summed E-state index contributed by atoms with van der Waals surface area (Å²) >= 11 is 0. The van der Waals surface area contributed by atoms with E-state index in [4.69, 9.17) is 0 Å². The second kappa shape index (κ2) is 5.96. The molecule has 1 aliphatic rings. The molecule has 1 N–H and O–H groups in total. The number of hydrogen-bond donors (Lipinski definition) is 1. The third-order valence-corrected chi connectivity index (χ3v) is 3.86. The highest BCUT2D eigenvalue weighted by atomic mass is 16.6. The topological polar surface area (TPSA) is 55.2 Å². The zero-order chi connectivity index (χ0) is 13.0. The van der Waals surface area contributed by atoms with Gasteiger partial charge in [-0.3, -0.25) is 10.1 Å². The first kappa shape index (κ1) is 13.0. The maximum atomic E-state index is 10.7. The van der Waals surface area contributed by atoms with Crippen LogP contribution in [-0.4, -0.2) is 11.0 Å². The second-order valence-electron chi connectivity index (χ2n) is 5.14. The first-order valence-electron chi connectivity index (χ1n) is 6.63. The summed E-state index contributed by atoms with van der Waals surface area (Å²) in [5, 5.41) is 14.2. The molecular formula is C14H20N2O2. The van der Waals surface area contributed by atoms with Gasteiger partial charge in [-0.15, -0.1) is 0 Å². The molecule has 0 heterocycles. The molecule has 0 aromatic heterocycles. The maximum absolute atomic E-state index is 10.7. The summed E-state index contributed by atoms with van der Waals surface area (Å²) in [6, 6.07) is 7.35. The van der Waals surface area contributed by atoms with Crippen molar-refractivity contribution in [3.63, 3.8) is 0 Å². The minimum Gasteiger partial charge on any atom is -0.310 e.